The molecule has 7 nitrogen and oxygen atoms in total. The van der Waals surface area contributed by atoms with Gasteiger partial charge in [0.05, 0.1) is 19.9 Å². The van der Waals surface area contributed by atoms with E-state index in [1.807, 2.05) is 31.2 Å². The lowest BCUT2D eigenvalue weighted by atomic mass is 9.81. The van der Waals surface area contributed by atoms with Gasteiger partial charge in [0, 0.05) is 5.56 Å². The molecule has 0 radical (unpaired) electrons. The number of hydrogen-bond donors (Lipinski definition) is 0. The SMILES string of the molecule is C/C=C/C1=Nc2ccccc2C2(C)C(C(=O)OC)=C(C(=O)OC)ON12. The number of ether oxygens (including phenoxy) is 2. The maximum atomic E-state index is 12.5. The molecular weight excluding hydrogens is 324 g/mol. The number of carbonyl (C=O) groups is 2. The topological polar surface area (TPSA) is 77.4 Å². The number of carbonyl (C=O) groups excluding carboxylic acids is 2. The second-order valence-corrected chi connectivity index (χ2v) is 5.63. The van der Waals surface area contributed by atoms with Crippen LogP contribution in [0.3, 0.4) is 0 Å². The van der Waals surface area contributed by atoms with E-state index in [2.05, 4.69) is 4.99 Å². The molecule has 2 aliphatic heterocycles. The highest BCUT2D eigenvalue weighted by Crippen LogP contribution is 2.50. The Morgan fingerprint density at radius 2 is 1.88 bits per heavy atom. The number of methoxy groups -OCH3 is 2. The molecule has 2 heterocycles. The normalized spacial score (nSPS) is 21.4. The molecule has 0 aromatic heterocycles. The largest absolute Gasteiger partial charge is 0.465 e. The molecule has 130 valence electrons. The molecule has 0 amide bonds. The molecule has 1 aromatic carbocycles. The fraction of sp³-hybridized carbons (Fsp3) is 0.278. The minimum Gasteiger partial charge on any atom is -0.465 e. The molecule has 3 rings (SSSR count). The Morgan fingerprint density at radius 1 is 1.20 bits per heavy atom. The van der Waals surface area contributed by atoms with Gasteiger partial charge in [-0.3, -0.25) is 0 Å². The van der Waals surface area contributed by atoms with E-state index in [1.165, 1.54) is 19.3 Å². The number of nitrogens with zero attached hydrogens (tertiary/aromatic N) is 2. The highest BCUT2D eigenvalue weighted by molar-refractivity contribution is 6.06. The Balaban J connectivity index is 2.32. The van der Waals surface area contributed by atoms with Crippen LogP contribution in [0.15, 0.2) is 52.7 Å². The Kier molecular flexibility index (Phi) is 4.08. The summed E-state index contributed by atoms with van der Waals surface area (Å²) in [6.45, 7) is 3.62. The molecule has 1 unspecified atom stereocenters. The lowest BCUT2D eigenvalue weighted by Gasteiger charge is -2.39. The van der Waals surface area contributed by atoms with Crippen molar-refractivity contribution in [2.24, 2.45) is 4.99 Å². The number of hydroxylamine groups is 2. The van der Waals surface area contributed by atoms with Gasteiger partial charge in [-0.05, 0) is 26.0 Å². The average molecular weight is 342 g/mol. The fourth-order valence-corrected chi connectivity index (χ4v) is 3.10. The molecule has 0 fully saturated rings. The summed E-state index contributed by atoms with van der Waals surface area (Å²) >= 11 is 0. The van der Waals surface area contributed by atoms with E-state index in [4.69, 9.17) is 14.3 Å². The van der Waals surface area contributed by atoms with Gasteiger partial charge in [-0.25, -0.2) is 14.6 Å². The zero-order chi connectivity index (χ0) is 18.2. The third kappa shape index (κ3) is 2.31. The average Bonchev–Trinajstić information content (AvgIpc) is 2.95. The predicted octanol–water partition coefficient (Wildman–Crippen LogP) is 2.37. The Hall–Kier alpha value is -3.09. The van der Waals surface area contributed by atoms with Crippen molar-refractivity contribution in [3.63, 3.8) is 0 Å². The van der Waals surface area contributed by atoms with Crippen molar-refractivity contribution >= 4 is 23.5 Å². The van der Waals surface area contributed by atoms with Gasteiger partial charge < -0.3 is 14.3 Å². The highest BCUT2D eigenvalue weighted by Gasteiger charge is 2.56. The first-order valence-electron chi connectivity index (χ1n) is 7.69. The molecule has 0 bridgehead atoms. The smallest absolute Gasteiger partial charge is 0.377 e. The number of aliphatic imine (C=N–C) groups is 1. The van der Waals surface area contributed by atoms with Crippen LogP contribution < -0.4 is 0 Å². The molecule has 0 aliphatic carbocycles. The molecule has 0 saturated carbocycles. The Labute approximate surface area is 145 Å². The van der Waals surface area contributed by atoms with Gasteiger partial charge in [-0.15, -0.1) is 0 Å². The van der Waals surface area contributed by atoms with Gasteiger partial charge in [0.1, 0.15) is 11.1 Å². The molecule has 25 heavy (non-hydrogen) atoms. The zero-order valence-corrected chi connectivity index (χ0v) is 14.4. The van der Waals surface area contributed by atoms with Gasteiger partial charge in [-0.1, -0.05) is 24.3 Å². The Bertz CT molecular complexity index is 840. The van der Waals surface area contributed by atoms with E-state index in [9.17, 15) is 9.59 Å². The first kappa shape index (κ1) is 16.8. The van der Waals surface area contributed by atoms with Crippen molar-refractivity contribution < 1.29 is 23.9 Å². The molecule has 2 aliphatic rings. The summed E-state index contributed by atoms with van der Waals surface area (Å²) in [6, 6.07) is 7.37. The number of benzene rings is 1. The molecule has 1 aromatic rings. The van der Waals surface area contributed by atoms with Crippen LogP contribution in [0.25, 0.3) is 0 Å². The van der Waals surface area contributed by atoms with E-state index in [-0.39, 0.29) is 11.3 Å². The second-order valence-electron chi connectivity index (χ2n) is 5.63. The lowest BCUT2D eigenvalue weighted by Crippen LogP contribution is -2.47. The third-order valence-corrected chi connectivity index (χ3v) is 4.25. The van der Waals surface area contributed by atoms with Gasteiger partial charge >= 0.3 is 11.9 Å². The monoisotopic (exact) mass is 342 g/mol. The fourth-order valence-electron chi connectivity index (χ4n) is 3.10. The molecule has 0 spiro atoms. The van der Waals surface area contributed by atoms with Crippen molar-refractivity contribution in [1.82, 2.24) is 5.06 Å². The number of amidine groups is 1. The number of allylic oxidation sites excluding steroid dienone is 1. The predicted molar refractivity (Wildman–Crippen MR) is 89.7 cm³/mol. The lowest BCUT2D eigenvalue weighted by molar-refractivity contribution is -0.149. The summed E-state index contributed by atoms with van der Waals surface area (Å²) in [5.41, 5.74) is 0.406. The van der Waals surface area contributed by atoms with E-state index in [0.717, 1.165) is 5.56 Å². The zero-order valence-electron chi connectivity index (χ0n) is 14.4. The van der Waals surface area contributed by atoms with E-state index < -0.39 is 17.5 Å². The van der Waals surface area contributed by atoms with Crippen LogP contribution in [0.1, 0.15) is 19.4 Å². The van der Waals surface area contributed by atoms with Crippen LogP contribution in [0.4, 0.5) is 5.69 Å². The summed E-state index contributed by atoms with van der Waals surface area (Å²) in [6.07, 6.45) is 3.54. The van der Waals surface area contributed by atoms with Crippen molar-refractivity contribution in [2.75, 3.05) is 14.2 Å². The number of hydrogen-bond acceptors (Lipinski definition) is 7. The first-order chi connectivity index (χ1) is 12.0. The van der Waals surface area contributed by atoms with Crippen molar-refractivity contribution in [3.05, 3.63) is 53.3 Å². The molecular formula is C18H18N2O5. The Morgan fingerprint density at radius 3 is 2.52 bits per heavy atom. The maximum Gasteiger partial charge on any atom is 0.377 e. The van der Waals surface area contributed by atoms with Gasteiger partial charge in [0.25, 0.3) is 5.76 Å². The quantitative estimate of drug-likeness (QED) is 0.785. The number of rotatable bonds is 3. The van der Waals surface area contributed by atoms with Gasteiger partial charge in [-0.2, -0.15) is 5.06 Å². The van der Waals surface area contributed by atoms with Crippen LogP contribution >= 0.6 is 0 Å². The van der Waals surface area contributed by atoms with Crippen molar-refractivity contribution in [1.29, 1.82) is 0 Å². The summed E-state index contributed by atoms with van der Waals surface area (Å²) in [7, 11) is 2.48. The second kappa shape index (κ2) is 6.08. The van der Waals surface area contributed by atoms with Crippen molar-refractivity contribution in [2.45, 2.75) is 19.4 Å². The van der Waals surface area contributed by atoms with E-state index in [1.54, 1.807) is 19.1 Å². The van der Waals surface area contributed by atoms with E-state index in [0.29, 0.717) is 11.5 Å². The summed E-state index contributed by atoms with van der Waals surface area (Å²) in [4.78, 5) is 35.0. The van der Waals surface area contributed by atoms with Crippen LogP contribution in [0, 0.1) is 0 Å². The van der Waals surface area contributed by atoms with Crippen LogP contribution in [-0.2, 0) is 29.4 Å². The van der Waals surface area contributed by atoms with Crippen molar-refractivity contribution in [3.8, 4) is 0 Å². The van der Waals surface area contributed by atoms with Crippen LogP contribution in [0.2, 0.25) is 0 Å². The minimum atomic E-state index is -1.08. The highest BCUT2D eigenvalue weighted by atomic mass is 16.7. The van der Waals surface area contributed by atoms with Gasteiger partial charge in [0.2, 0.25) is 0 Å². The van der Waals surface area contributed by atoms with E-state index >= 15 is 0 Å². The number of fused-ring (bicyclic) bond motifs is 3. The summed E-state index contributed by atoms with van der Waals surface area (Å²) in [5, 5.41) is 1.44. The first-order valence-corrected chi connectivity index (χ1v) is 7.69. The van der Waals surface area contributed by atoms with Crippen LogP contribution in [0.5, 0.6) is 0 Å². The standard InChI is InChI=1S/C18H18N2O5/c1-5-8-13-19-12-10-7-6-9-11(12)18(2)14(16(21)23-3)15(17(22)24-4)25-20(13)18/h5-10H,1-4H3/b8-5+. The minimum absolute atomic E-state index is 0.0752. The van der Waals surface area contributed by atoms with Gasteiger partial charge in [0.15, 0.2) is 5.84 Å². The molecule has 0 saturated heterocycles. The summed E-state index contributed by atoms with van der Waals surface area (Å²) < 4.78 is 9.69. The molecule has 0 N–H and O–H groups in total. The number of para-hydroxylation sites is 1. The third-order valence-electron chi connectivity index (χ3n) is 4.25. The number of esters is 2. The molecule has 1 atom stereocenters. The molecule has 7 heteroatoms. The summed E-state index contributed by atoms with van der Waals surface area (Å²) in [5.74, 6) is -1.16. The maximum absolute atomic E-state index is 12.5. The van der Waals surface area contributed by atoms with Crippen LogP contribution in [-0.4, -0.2) is 37.1 Å².